The van der Waals surface area contributed by atoms with Crippen LogP contribution >= 0.6 is 24.8 Å². The van der Waals surface area contributed by atoms with Crippen molar-refractivity contribution in [2.75, 3.05) is 26.2 Å². The van der Waals surface area contributed by atoms with Crippen LogP contribution in [0.25, 0.3) is 0 Å². The maximum Gasteiger partial charge on any atom is 0.130 e. The maximum atomic E-state index is 14.3. The molecule has 6 heteroatoms. The van der Waals surface area contributed by atoms with Crippen molar-refractivity contribution in [3.05, 3.63) is 35.4 Å². The molecule has 1 saturated carbocycles. The highest BCUT2D eigenvalue weighted by Gasteiger charge is 2.32. The zero-order chi connectivity index (χ0) is 14.7. The molecule has 0 amide bonds. The molecule has 132 valence electrons. The van der Waals surface area contributed by atoms with E-state index in [9.17, 15) is 8.78 Å². The number of nitrogens with one attached hydrogen (secondary N) is 1. The van der Waals surface area contributed by atoms with Crippen molar-refractivity contribution >= 4 is 24.8 Å². The van der Waals surface area contributed by atoms with Crippen molar-refractivity contribution < 1.29 is 8.78 Å². The van der Waals surface area contributed by atoms with Crippen LogP contribution in [0, 0.1) is 17.6 Å². The maximum absolute atomic E-state index is 14.3. The van der Waals surface area contributed by atoms with Crippen LogP contribution in [-0.2, 0) is 0 Å². The summed E-state index contributed by atoms with van der Waals surface area (Å²) >= 11 is 0. The fourth-order valence-corrected chi connectivity index (χ4v) is 3.90. The first-order valence-corrected chi connectivity index (χ1v) is 8.15. The van der Waals surface area contributed by atoms with E-state index in [4.69, 9.17) is 0 Å². The first-order chi connectivity index (χ1) is 10.3. The van der Waals surface area contributed by atoms with Crippen LogP contribution in [0.2, 0.25) is 0 Å². The molecule has 3 rings (SSSR count). The Morgan fingerprint density at radius 2 is 1.65 bits per heavy atom. The average Bonchev–Trinajstić information content (AvgIpc) is 2.52. The minimum absolute atomic E-state index is 0. The number of rotatable bonds is 3. The second kappa shape index (κ2) is 9.77. The molecular formula is C17H26Cl2F2N2. The fourth-order valence-electron chi connectivity index (χ4n) is 3.90. The van der Waals surface area contributed by atoms with Gasteiger partial charge in [-0.2, -0.15) is 0 Å². The van der Waals surface area contributed by atoms with E-state index in [-0.39, 0.29) is 36.7 Å². The van der Waals surface area contributed by atoms with Crippen molar-refractivity contribution in [2.24, 2.45) is 5.92 Å². The summed E-state index contributed by atoms with van der Waals surface area (Å²) in [6.07, 6.45) is 6.07. The van der Waals surface area contributed by atoms with Gasteiger partial charge in [0.25, 0.3) is 0 Å². The normalized spacial score (nSPS) is 21.1. The van der Waals surface area contributed by atoms with Gasteiger partial charge in [0.2, 0.25) is 0 Å². The quantitative estimate of drug-likeness (QED) is 0.855. The van der Waals surface area contributed by atoms with Gasteiger partial charge in [-0.05, 0) is 24.8 Å². The van der Waals surface area contributed by atoms with Crippen LogP contribution in [-0.4, -0.2) is 31.1 Å². The highest BCUT2D eigenvalue weighted by molar-refractivity contribution is 5.85. The van der Waals surface area contributed by atoms with Gasteiger partial charge in [0, 0.05) is 43.9 Å². The Kier molecular flexibility index (Phi) is 8.76. The largest absolute Gasteiger partial charge is 0.314 e. The first kappa shape index (κ1) is 20.6. The topological polar surface area (TPSA) is 15.3 Å². The van der Waals surface area contributed by atoms with E-state index in [0.717, 1.165) is 45.1 Å². The van der Waals surface area contributed by atoms with Gasteiger partial charge in [-0.1, -0.05) is 25.3 Å². The molecule has 1 aliphatic carbocycles. The minimum atomic E-state index is -0.487. The standard InChI is InChI=1S/C17H24F2N2.2ClH/c18-14-6-7-15(16(19)12-14)17(13-4-2-1-3-5-13)21-10-8-20-9-11-21;;/h6-7,12-13,17,20H,1-5,8-11H2;2*1H/t17-;;/m0../s1. The summed E-state index contributed by atoms with van der Waals surface area (Å²) in [5.74, 6) is -0.375. The van der Waals surface area contributed by atoms with E-state index in [0.29, 0.717) is 11.5 Å². The summed E-state index contributed by atoms with van der Waals surface area (Å²) in [6.45, 7) is 3.79. The van der Waals surface area contributed by atoms with Gasteiger partial charge < -0.3 is 5.32 Å². The number of benzene rings is 1. The lowest BCUT2D eigenvalue weighted by atomic mass is 9.80. The Morgan fingerprint density at radius 3 is 2.26 bits per heavy atom. The predicted molar refractivity (Wildman–Crippen MR) is 94.6 cm³/mol. The van der Waals surface area contributed by atoms with Gasteiger partial charge in [0.15, 0.2) is 0 Å². The Hall–Kier alpha value is -0.420. The number of halogens is 4. The number of hydrogen-bond acceptors (Lipinski definition) is 2. The molecule has 0 spiro atoms. The van der Waals surface area contributed by atoms with Gasteiger partial charge in [0.05, 0.1) is 0 Å². The van der Waals surface area contributed by atoms with Gasteiger partial charge in [-0.15, -0.1) is 24.8 Å². The zero-order valence-electron chi connectivity index (χ0n) is 13.3. The van der Waals surface area contributed by atoms with Crippen LogP contribution in [0.3, 0.4) is 0 Å². The molecule has 2 aliphatic rings. The van der Waals surface area contributed by atoms with Crippen LogP contribution in [0.15, 0.2) is 18.2 Å². The molecule has 1 saturated heterocycles. The third-order valence-corrected chi connectivity index (χ3v) is 4.92. The Bertz CT molecular complexity index is 458. The molecule has 0 aromatic heterocycles. The molecular weight excluding hydrogens is 341 g/mol. The molecule has 1 atom stereocenters. The summed E-state index contributed by atoms with van der Waals surface area (Å²) in [5.41, 5.74) is 0.685. The van der Waals surface area contributed by atoms with Crippen molar-refractivity contribution in [1.82, 2.24) is 10.2 Å². The highest BCUT2D eigenvalue weighted by atomic mass is 35.5. The molecule has 1 aromatic rings. The van der Waals surface area contributed by atoms with Gasteiger partial charge in [-0.25, -0.2) is 8.78 Å². The monoisotopic (exact) mass is 366 g/mol. The minimum Gasteiger partial charge on any atom is -0.314 e. The number of piperazine rings is 1. The summed E-state index contributed by atoms with van der Waals surface area (Å²) in [4.78, 5) is 2.39. The Morgan fingerprint density at radius 1 is 1.00 bits per heavy atom. The van der Waals surface area contributed by atoms with Crippen LogP contribution < -0.4 is 5.32 Å². The molecule has 0 radical (unpaired) electrons. The Balaban J connectivity index is 0.00000132. The Labute approximate surface area is 149 Å². The molecule has 0 unspecified atom stereocenters. The van der Waals surface area contributed by atoms with Crippen molar-refractivity contribution in [1.29, 1.82) is 0 Å². The lowest BCUT2D eigenvalue weighted by molar-refractivity contribution is 0.100. The van der Waals surface area contributed by atoms with E-state index < -0.39 is 5.82 Å². The lowest BCUT2D eigenvalue weighted by Gasteiger charge is -2.41. The zero-order valence-corrected chi connectivity index (χ0v) is 14.9. The van der Waals surface area contributed by atoms with E-state index in [2.05, 4.69) is 10.2 Å². The van der Waals surface area contributed by atoms with Crippen LogP contribution in [0.5, 0.6) is 0 Å². The third-order valence-electron chi connectivity index (χ3n) is 4.92. The molecule has 2 nitrogen and oxygen atoms in total. The lowest BCUT2D eigenvalue weighted by Crippen LogP contribution is -2.47. The van der Waals surface area contributed by atoms with Crippen molar-refractivity contribution in [3.63, 3.8) is 0 Å². The molecule has 2 fully saturated rings. The second-order valence-electron chi connectivity index (χ2n) is 6.29. The molecule has 23 heavy (non-hydrogen) atoms. The predicted octanol–water partition coefficient (Wildman–Crippen LogP) is 4.34. The average molecular weight is 367 g/mol. The van der Waals surface area contributed by atoms with E-state index in [1.165, 1.54) is 25.3 Å². The summed E-state index contributed by atoms with van der Waals surface area (Å²) in [6, 6.07) is 4.20. The van der Waals surface area contributed by atoms with Gasteiger partial charge >= 0.3 is 0 Å². The number of hydrogen-bond donors (Lipinski definition) is 1. The summed E-state index contributed by atoms with van der Waals surface area (Å²) in [7, 11) is 0. The molecule has 1 aromatic carbocycles. The molecule has 1 N–H and O–H groups in total. The second-order valence-corrected chi connectivity index (χ2v) is 6.29. The molecule has 0 bridgehead atoms. The number of nitrogens with zero attached hydrogens (tertiary/aromatic N) is 1. The van der Waals surface area contributed by atoms with Gasteiger partial charge in [0.1, 0.15) is 11.6 Å². The van der Waals surface area contributed by atoms with Gasteiger partial charge in [-0.3, -0.25) is 4.90 Å². The van der Waals surface area contributed by atoms with E-state index in [1.54, 1.807) is 6.07 Å². The SMILES string of the molecule is Cl.Cl.Fc1ccc([C@H](C2CCCCC2)N2CCNCC2)c(F)c1. The fraction of sp³-hybridized carbons (Fsp3) is 0.647. The summed E-state index contributed by atoms with van der Waals surface area (Å²) < 4.78 is 27.6. The van der Waals surface area contributed by atoms with E-state index in [1.807, 2.05) is 0 Å². The van der Waals surface area contributed by atoms with E-state index >= 15 is 0 Å². The van der Waals surface area contributed by atoms with Crippen molar-refractivity contribution in [3.8, 4) is 0 Å². The highest BCUT2D eigenvalue weighted by Crippen LogP contribution is 2.39. The summed E-state index contributed by atoms with van der Waals surface area (Å²) in [5, 5.41) is 3.35. The molecule has 1 aliphatic heterocycles. The third kappa shape index (κ3) is 5.02. The molecule has 1 heterocycles. The van der Waals surface area contributed by atoms with Crippen molar-refractivity contribution in [2.45, 2.75) is 38.1 Å². The van der Waals surface area contributed by atoms with Crippen LogP contribution in [0.4, 0.5) is 8.78 Å². The smallest absolute Gasteiger partial charge is 0.130 e. The van der Waals surface area contributed by atoms with Crippen LogP contribution in [0.1, 0.15) is 43.7 Å². The first-order valence-electron chi connectivity index (χ1n) is 8.15.